The van der Waals surface area contributed by atoms with Crippen molar-refractivity contribution in [1.82, 2.24) is 0 Å². The Morgan fingerprint density at radius 1 is 1.03 bits per heavy atom. The summed E-state index contributed by atoms with van der Waals surface area (Å²) in [6, 6.07) is 1.93. The van der Waals surface area contributed by atoms with Gasteiger partial charge in [0.15, 0.2) is 5.78 Å². The van der Waals surface area contributed by atoms with Crippen LogP contribution in [-0.4, -0.2) is 29.6 Å². The van der Waals surface area contributed by atoms with E-state index in [1.807, 2.05) is 12.1 Å². The monoisotopic (exact) mass is 503 g/mol. The number of allylic oxidation sites excluding steroid dienone is 5. The van der Waals surface area contributed by atoms with Gasteiger partial charge >= 0.3 is 5.97 Å². The Kier molecular flexibility index (Phi) is 5.51. The number of rotatable bonds is 1. The molecular weight excluding hydrogens is 462 g/mol. The number of carbonyl (C=O) groups is 2. The zero-order chi connectivity index (χ0) is 27.2. The number of fused-ring (bicyclic) bond motifs is 7. The van der Waals surface area contributed by atoms with Gasteiger partial charge in [0.1, 0.15) is 5.60 Å². The second kappa shape index (κ2) is 7.79. The van der Waals surface area contributed by atoms with Crippen molar-refractivity contribution >= 4 is 11.8 Å². The zero-order valence-corrected chi connectivity index (χ0v) is 23.5. The highest BCUT2D eigenvalue weighted by Gasteiger charge is 2.67. The molecule has 3 fully saturated rings. The molecule has 0 aliphatic heterocycles. The SMILES string of the molecule is COC(=O)[C@]1(C)CC[C@]2(C)CC[C@]3(C)C4=CC=C5C(=CC(=O)/C(=C/C#N)C5(C)O)[C@]4(C)CC[C@@]3(C)[C@@H]2C1. The maximum absolute atomic E-state index is 13.1. The van der Waals surface area contributed by atoms with Crippen LogP contribution < -0.4 is 0 Å². The summed E-state index contributed by atoms with van der Waals surface area (Å²) in [4.78, 5) is 26.0. The lowest BCUT2D eigenvalue weighted by Gasteiger charge is -2.70. The predicted molar refractivity (Wildman–Crippen MR) is 142 cm³/mol. The van der Waals surface area contributed by atoms with Crippen LogP contribution in [0.5, 0.6) is 0 Å². The van der Waals surface area contributed by atoms with Crippen LogP contribution in [0, 0.1) is 44.3 Å². The van der Waals surface area contributed by atoms with E-state index < -0.39 is 11.0 Å². The van der Waals surface area contributed by atoms with Crippen LogP contribution in [0.4, 0.5) is 0 Å². The van der Waals surface area contributed by atoms with Crippen LogP contribution in [0.25, 0.3) is 0 Å². The minimum absolute atomic E-state index is 0.0139. The van der Waals surface area contributed by atoms with Crippen molar-refractivity contribution in [2.75, 3.05) is 7.11 Å². The van der Waals surface area contributed by atoms with Gasteiger partial charge in [-0.1, -0.05) is 45.4 Å². The number of ketones is 1. The van der Waals surface area contributed by atoms with E-state index in [4.69, 9.17) is 4.74 Å². The molecule has 0 bridgehead atoms. The second-order valence-electron chi connectivity index (χ2n) is 13.9. The second-order valence-corrected chi connectivity index (χ2v) is 13.9. The standard InChI is InChI=1S/C32H41NO4/c1-27-11-12-28(2,26(35)37-7)19-25(27)31(5)16-14-29(3)22-18-23(34)21(10-17-33)32(6,36)20(22)8-9-24(29)30(31,4)15-13-27/h8-10,18,25,36H,11-16,19H2,1-7H3/b21-10-/t25-,27-,28-,29+,30-,31+,32?/m1/s1. The van der Waals surface area contributed by atoms with Gasteiger partial charge in [-0.2, -0.15) is 5.26 Å². The number of hydrogen-bond acceptors (Lipinski definition) is 5. The number of ether oxygens (including phenoxy) is 1. The molecule has 0 aromatic carbocycles. The fourth-order valence-corrected chi connectivity index (χ4v) is 9.34. The molecule has 5 heteroatoms. The van der Waals surface area contributed by atoms with Crippen molar-refractivity contribution in [3.8, 4) is 6.07 Å². The summed E-state index contributed by atoms with van der Waals surface area (Å²) < 4.78 is 5.27. The van der Waals surface area contributed by atoms with Gasteiger partial charge in [0.25, 0.3) is 0 Å². The first kappa shape index (κ1) is 26.2. The molecule has 0 spiro atoms. The molecule has 0 aromatic rings. The number of methoxy groups -OCH3 is 1. The Hall–Kier alpha value is -2.45. The number of aliphatic hydroxyl groups is 1. The highest BCUT2D eigenvalue weighted by molar-refractivity contribution is 6.09. The van der Waals surface area contributed by atoms with Gasteiger partial charge in [-0.05, 0) is 98.2 Å². The van der Waals surface area contributed by atoms with Crippen molar-refractivity contribution in [3.63, 3.8) is 0 Å². The van der Waals surface area contributed by atoms with E-state index in [9.17, 15) is 20.0 Å². The van der Waals surface area contributed by atoms with E-state index in [1.165, 1.54) is 18.8 Å². The van der Waals surface area contributed by atoms with Crippen LogP contribution >= 0.6 is 0 Å². The number of carbonyl (C=O) groups excluding carboxylic acids is 2. The van der Waals surface area contributed by atoms with Crippen LogP contribution in [0.15, 0.2) is 46.6 Å². The molecule has 37 heavy (non-hydrogen) atoms. The molecule has 3 saturated carbocycles. The van der Waals surface area contributed by atoms with Crippen molar-refractivity contribution < 1.29 is 19.4 Å². The quantitative estimate of drug-likeness (QED) is 0.263. The molecule has 5 aliphatic carbocycles. The lowest BCUT2D eigenvalue weighted by Crippen LogP contribution is -2.62. The highest BCUT2D eigenvalue weighted by atomic mass is 16.5. The zero-order valence-electron chi connectivity index (χ0n) is 23.5. The summed E-state index contributed by atoms with van der Waals surface area (Å²) in [6.45, 7) is 13.2. The lowest BCUT2D eigenvalue weighted by molar-refractivity contribution is -0.180. The topological polar surface area (TPSA) is 87.4 Å². The molecule has 5 aliphatic rings. The molecule has 0 aromatic heterocycles. The van der Waals surface area contributed by atoms with Crippen molar-refractivity contribution in [1.29, 1.82) is 5.26 Å². The van der Waals surface area contributed by atoms with Crippen LogP contribution in [0.2, 0.25) is 0 Å². The Morgan fingerprint density at radius 3 is 2.35 bits per heavy atom. The minimum Gasteiger partial charge on any atom is -0.469 e. The molecular formula is C32H41NO4. The predicted octanol–water partition coefficient (Wildman–Crippen LogP) is 6.16. The maximum atomic E-state index is 13.1. The van der Waals surface area contributed by atoms with Gasteiger partial charge in [0.05, 0.1) is 18.6 Å². The Labute approximate surface area is 221 Å². The van der Waals surface area contributed by atoms with Crippen molar-refractivity contribution in [2.45, 2.75) is 92.1 Å². The fraction of sp³-hybridized carbons (Fsp3) is 0.656. The molecule has 198 valence electrons. The van der Waals surface area contributed by atoms with Gasteiger partial charge in [-0.15, -0.1) is 0 Å². The van der Waals surface area contributed by atoms with Gasteiger partial charge in [0, 0.05) is 17.1 Å². The normalized spacial score (nSPS) is 47.8. The first-order chi connectivity index (χ1) is 17.1. The Balaban J connectivity index is 1.64. The third kappa shape index (κ3) is 3.18. The van der Waals surface area contributed by atoms with E-state index in [2.05, 4.69) is 40.7 Å². The molecule has 1 N–H and O–H groups in total. The minimum atomic E-state index is -1.50. The number of hydrogen-bond donors (Lipinski definition) is 1. The molecule has 7 atom stereocenters. The molecule has 5 nitrogen and oxygen atoms in total. The smallest absolute Gasteiger partial charge is 0.311 e. The third-order valence-electron chi connectivity index (χ3n) is 12.1. The average molecular weight is 504 g/mol. The van der Waals surface area contributed by atoms with E-state index >= 15 is 0 Å². The first-order valence-corrected chi connectivity index (χ1v) is 13.7. The van der Waals surface area contributed by atoms with E-state index in [-0.39, 0.29) is 39.0 Å². The Bertz CT molecular complexity index is 1260. The Morgan fingerprint density at radius 2 is 1.70 bits per heavy atom. The fourth-order valence-electron chi connectivity index (χ4n) is 9.34. The number of esters is 1. The highest BCUT2D eigenvalue weighted by Crippen LogP contribution is 2.75. The number of nitriles is 1. The van der Waals surface area contributed by atoms with Gasteiger partial charge < -0.3 is 9.84 Å². The summed E-state index contributed by atoms with van der Waals surface area (Å²) in [7, 11) is 1.50. The maximum Gasteiger partial charge on any atom is 0.311 e. The summed E-state index contributed by atoms with van der Waals surface area (Å²) in [5, 5.41) is 20.7. The summed E-state index contributed by atoms with van der Waals surface area (Å²) in [5.41, 5.74) is 0.826. The summed E-state index contributed by atoms with van der Waals surface area (Å²) in [5.74, 6) is 0.00420. The van der Waals surface area contributed by atoms with Gasteiger partial charge in [-0.25, -0.2) is 0 Å². The average Bonchev–Trinajstić information content (AvgIpc) is 2.84. The van der Waals surface area contributed by atoms with Gasteiger partial charge in [-0.3, -0.25) is 9.59 Å². The van der Waals surface area contributed by atoms with Crippen LogP contribution in [0.1, 0.15) is 86.5 Å². The van der Waals surface area contributed by atoms with Crippen LogP contribution in [-0.2, 0) is 14.3 Å². The molecule has 0 heterocycles. The molecule has 1 unspecified atom stereocenters. The van der Waals surface area contributed by atoms with E-state index in [0.717, 1.165) is 56.1 Å². The number of nitrogens with zero attached hydrogens (tertiary/aromatic N) is 1. The molecule has 5 rings (SSSR count). The van der Waals surface area contributed by atoms with Crippen molar-refractivity contribution in [3.05, 3.63) is 46.6 Å². The van der Waals surface area contributed by atoms with E-state index in [1.54, 1.807) is 13.0 Å². The molecule has 0 radical (unpaired) electrons. The third-order valence-corrected chi connectivity index (χ3v) is 12.1. The van der Waals surface area contributed by atoms with Gasteiger partial charge in [0.2, 0.25) is 0 Å². The molecule has 0 amide bonds. The van der Waals surface area contributed by atoms with E-state index in [0.29, 0.717) is 5.92 Å². The lowest BCUT2D eigenvalue weighted by atomic mass is 9.34. The van der Waals surface area contributed by atoms with Crippen LogP contribution in [0.3, 0.4) is 0 Å². The largest absolute Gasteiger partial charge is 0.469 e. The van der Waals surface area contributed by atoms with Crippen molar-refractivity contribution in [2.24, 2.45) is 33.0 Å². The summed E-state index contributed by atoms with van der Waals surface area (Å²) >= 11 is 0. The summed E-state index contributed by atoms with van der Waals surface area (Å²) in [6.07, 6.45) is 13.8. The molecule has 0 saturated heterocycles. The first-order valence-electron chi connectivity index (χ1n) is 13.7.